The van der Waals surface area contributed by atoms with Gasteiger partial charge >= 0.3 is 0 Å². The van der Waals surface area contributed by atoms with Crippen LogP contribution in [0.2, 0.25) is 0 Å². The van der Waals surface area contributed by atoms with Crippen LogP contribution in [-0.4, -0.2) is 18.5 Å². The third kappa shape index (κ3) is 5.25. The van der Waals surface area contributed by atoms with E-state index < -0.39 is 0 Å². The minimum atomic E-state index is -0.0715. The fourth-order valence-electron chi connectivity index (χ4n) is 2.68. The van der Waals surface area contributed by atoms with Crippen molar-refractivity contribution >= 4 is 24.0 Å². The Morgan fingerprint density at radius 1 is 1.08 bits per heavy atom. The van der Waals surface area contributed by atoms with E-state index in [2.05, 4.69) is 10.6 Å². The van der Waals surface area contributed by atoms with E-state index in [-0.39, 0.29) is 24.4 Å². The molecule has 128 valence electrons. The molecule has 0 radical (unpaired) electrons. The minimum absolute atomic E-state index is 0. The van der Waals surface area contributed by atoms with Crippen molar-refractivity contribution < 1.29 is 9.53 Å². The van der Waals surface area contributed by atoms with Crippen LogP contribution in [0.25, 0.3) is 0 Å². The zero-order valence-corrected chi connectivity index (χ0v) is 14.4. The number of rotatable bonds is 5. The van der Waals surface area contributed by atoms with Gasteiger partial charge in [-0.3, -0.25) is 4.79 Å². The molecular formula is C19H23ClN2O2. The maximum atomic E-state index is 12.2. The summed E-state index contributed by atoms with van der Waals surface area (Å²) < 4.78 is 5.74. The summed E-state index contributed by atoms with van der Waals surface area (Å²) in [5.74, 6) is 0.838. The number of hydrogen-bond donors (Lipinski definition) is 2. The lowest BCUT2D eigenvalue weighted by Crippen LogP contribution is -2.43. The Labute approximate surface area is 149 Å². The molecule has 24 heavy (non-hydrogen) atoms. The highest BCUT2D eigenvalue weighted by Crippen LogP contribution is 2.18. The number of nitrogens with one attached hydrogen (secondary N) is 2. The number of carbonyl (C=O) groups excluding carboxylic acids is 1. The first-order chi connectivity index (χ1) is 11.3. The van der Waals surface area contributed by atoms with Crippen LogP contribution in [0, 0.1) is 0 Å². The van der Waals surface area contributed by atoms with Gasteiger partial charge in [0.1, 0.15) is 12.4 Å². The summed E-state index contributed by atoms with van der Waals surface area (Å²) in [6.45, 7) is 1.46. The summed E-state index contributed by atoms with van der Waals surface area (Å²) in [5, 5.41) is 6.21. The lowest BCUT2D eigenvalue weighted by molar-refractivity contribution is -0.118. The fourth-order valence-corrected chi connectivity index (χ4v) is 2.68. The van der Waals surface area contributed by atoms with Crippen LogP contribution in [-0.2, 0) is 11.4 Å². The molecule has 0 bridgehead atoms. The average Bonchev–Trinajstić information content (AvgIpc) is 2.63. The summed E-state index contributed by atoms with van der Waals surface area (Å²) in [6, 6.07) is 17.5. The second-order valence-corrected chi connectivity index (χ2v) is 5.79. The SMILES string of the molecule is Cl.O=C(Nc1ccc(OCc2ccccc2)cc1)[C@H]1CCCCN1. The van der Waals surface area contributed by atoms with E-state index in [9.17, 15) is 4.79 Å². The van der Waals surface area contributed by atoms with Crippen molar-refractivity contribution in [1.82, 2.24) is 5.32 Å². The van der Waals surface area contributed by atoms with E-state index in [4.69, 9.17) is 4.74 Å². The molecule has 2 N–H and O–H groups in total. The third-order valence-electron chi connectivity index (χ3n) is 4.00. The standard InChI is InChI=1S/C19H22N2O2.ClH/c22-19(18-8-4-5-13-20-18)21-16-9-11-17(12-10-16)23-14-15-6-2-1-3-7-15;/h1-3,6-7,9-12,18,20H,4-5,8,13-14H2,(H,21,22);1H/t18-;/m1./s1. The Morgan fingerprint density at radius 2 is 1.83 bits per heavy atom. The second-order valence-electron chi connectivity index (χ2n) is 5.79. The molecule has 1 saturated heterocycles. The fraction of sp³-hybridized carbons (Fsp3) is 0.316. The number of carbonyl (C=O) groups is 1. The molecular weight excluding hydrogens is 324 g/mol. The zero-order valence-electron chi connectivity index (χ0n) is 13.5. The van der Waals surface area contributed by atoms with Crippen molar-refractivity contribution in [3.63, 3.8) is 0 Å². The van der Waals surface area contributed by atoms with Gasteiger partial charge in [0.05, 0.1) is 6.04 Å². The number of hydrogen-bond acceptors (Lipinski definition) is 3. The van der Waals surface area contributed by atoms with Crippen LogP contribution >= 0.6 is 12.4 Å². The number of anilines is 1. The van der Waals surface area contributed by atoms with E-state index in [1.54, 1.807) is 0 Å². The zero-order chi connectivity index (χ0) is 15.9. The largest absolute Gasteiger partial charge is 0.489 e. The number of halogens is 1. The van der Waals surface area contributed by atoms with Crippen molar-refractivity contribution in [3.8, 4) is 5.75 Å². The van der Waals surface area contributed by atoms with Crippen LogP contribution in [0.4, 0.5) is 5.69 Å². The molecule has 1 aliphatic heterocycles. The maximum Gasteiger partial charge on any atom is 0.241 e. The Hall–Kier alpha value is -2.04. The van der Waals surface area contributed by atoms with Gasteiger partial charge in [-0.05, 0) is 49.2 Å². The van der Waals surface area contributed by atoms with Crippen LogP contribution in [0.3, 0.4) is 0 Å². The van der Waals surface area contributed by atoms with Gasteiger partial charge in [0.2, 0.25) is 5.91 Å². The topological polar surface area (TPSA) is 50.4 Å². The minimum Gasteiger partial charge on any atom is -0.489 e. The molecule has 4 nitrogen and oxygen atoms in total. The maximum absolute atomic E-state index is 12.2. The van der Waals surface area contributed by atoms with Crippen LogP contribution in [0.15, 0.2) is 54.6 Å². The molecule has 1 aliphatic rings. The molecule has 1 atom stereocenters. The molecule has 1 fully saturated rings. The van der Waals surface area contributed by atoms with Gasteiger partial charge in [0, 0.05) is 5.69 Å². The Bertz CT molecular complexity index is 626. The molecule has 0 aromatic heterocycles. The van der Waals surface area contributed by atoms with Crippen molar-refractivity contribution in [2.45, 2.75) is 31.9 Å². The van der Waals surface area contributed by atoms with Crippen molar-refractivity contribution in [2.24, 2.45) is 0 Å². The summed E-state index contributed by atoms with van der Waals surface area (Å²) in [4.78, 5) is 12.2. The molecule has 2 aromatic rings. The monoisotopic (exact) mass is 346 g/mol. The number of ether oxygens (including phenoxy) is 1. The van der Waals surface area contributed by atoms with E-state index in [0.717, 1.165) is 42.8 Å². The van der Waals surface area contributed by atoms with Crippen molar-refractivity contribution in [1.29, 1.82) is 0 Å². The molecule has 0 aliphatic carbocycles. The summed E-state index contributed by atoms with van der Waals surface area (Å²) in [5.41, 5.74) is 1.93. The van der Waals surface area contributed by atoms with Crippen LogP contribution < -0.4 is 15.4 Å². The van der Waals surface area contributed by atoms with Gasteiger partial charge in [-0.2, -0.15) is 0 Å². The highest BCUT2D eigenvalue weighted by molar-refractivity contribution is 5.94. The van der Waals surface area contributed by atoms with Gasteiger partial charge in [0.15, 0.2) is 0 Å². The van der Waals surface area contributed by atoms with Gasteiger partial charge in [0.25, 0.3) is 0 Å². The highest BCUT2D eigenvalue weighted by atomic mass is 35.5. The Balaban J connectivity index is 0.00000208. The van der Waals surface area contributed by atoms with Gasteiger partial charge in [-0.1, -0.05) is 36.8 Å². The predicted octanol–water partition coefficient (Wildman–Crippen LogP) is 3.77. The van der Waals surface area contributed by atoms with Crippen molar-refractivity contribution in [3.05, 3.63) is 60.2 Å². The molecule has 5 heteroatoms. The van der Waals surface area contributed by atoms with Crippen LogP contribution in [0.1, 0.15) is 24.8 Å². The van der Waals surface area contributed by atoms with E-state index in [1.165, 1.54) is 0 Å². The lowest BCUT2D eigenvalue weighted by Gasteiger charge is -2.22. The summed E-state index contributed by atoms with van der Waals surface area (Å²) in [7, 11) is 0. The van der Waals surface area contributed by atoms with Gasteiger partial charge in [-0.25, -0.2) is 0 Å². The van der Waals surface area contributed by atoms with E-state index in [0.29, 0.717) is 6.61 Å². The number of benzene rings is 2. The summed E-state index contributed by atoms with van der Waals surface area (Å²) >= 11 is 0. The first-order valence-corrected chi connectivity index (χ1v) is 8.12. The van der Waals surface area contributed by atoms with E-state index >= 15 is 0 Å². The first kappa shape index (κ1) is 18.3. The molecule has 0 spiro atoms. The normalized spacial score (nSPS) is 16.8. The molecule has 0 unspecified atom stereocenters. The number of piperidine rings is 1. The van der Waals surface area contributed by atoms with Crippen LogP contribution in [0.5, 0.6) is 5.75 Å². The molecule has 0 saturated carbocycles. The molecule has 2 aromatic carbocycles. The van der Waals surface area contributed by atoms with E-state index in [1.807, 2.05) is 54.6 Å². The second kappa shape index (κ2) is 9.30. The van der Waals surface area contributed by atoms with Crippen molar-refractivity contribution in [2.75, 3.05) is 11.9 Å². The molecule has 3 rings (SSSR count). The molecule has 1 heterocycles. The predicted molar refractivity (Wildman–Crippen MR) is 98.7 cm³/mol. The van der Waals surface area contributed by atoms with Gasteiger partial charge < -0.3 is 15.4 Å². The lowest BCUT2D eigenvalue weighted by atomic mass is 10.0. The quantitative estimate of drug-likeness (QED) is 0.866. The Kier molecular flexibility index (Phi) is 7.09. The molecule has 1 amide bonds. The summed E-state index contributed by atoms with van der Waals surface area (Å²) in [6.07, 6.45) is 3.17. The smallest absolute Gasteiger partial charge is 0.241 e. The highest BCUT2D eigenvalue weighted by Gasteiger charge is 2.20. The average molecular weight is 347 g/mol. The third-order valence-corrected chi connectivity index (χ3v) is 4.00. The Morgan fingerprint density at radius 3 is 2.50 bits per heavy atom. The number of amides is 1. The first-order valence-electron chi connectivity index (χ1n) is 8.12. The van der Waals surface area contributed by atoms with Gasteiger partial charge in [-0.15, -0.1) is 12.4 Å².